The maximum atomic E-state index is 12.6. The molecule has 2 aliphatic rings. The fourth-order valence-electron chi connectivity index (χ4n) is 8.90. The van der Waals surface area contributed by atoms with E-state index >= 15 is 0 Å². The number of rotatable bonds is 30. The van der Waals surface area contributed by atoms with Crippen LogP contribution >= 0.6 is 0 Å². The van der Waals surface area contributed by atoms with Crippen LogP contribution in [0.5, 0.6) is 11.8 Å². The second-order valence-electron chi connectivity index (χ2n) is 17.7. The molecule has 3 heterocycles. The van der Waals surface area contributed by atoms with Crippen LogP contribution in [-0.4, -0.2) is 156 Å². The third-order valence-electron chi connectivity index (χ3n) is 12.5. The van der Waals surface area contributed by atoms with Crippen molar-refractivity contribution in [3.63, 3.8) is 0 Å². The predicted molar refractivity (Wildman–Crippen MR) is 260 cm³/mol. The number of carbonyl (C=O) groups is 1. The number of methoxy groups -OCH3 is 2. The van der Waals surface area contributed by atoms with Crippen LogP contribution in [0.3, 0.4) is 0 Å². The Balaban J connectivity index is 1.54. The average Bonchev–Trinajstić information content (AvgIpc) is 3.82. The summed E-state index contributed by atoms with van der Waals surface area (Å²) in [5.74, 6) is -2.14. The Kier molecular flexibility index (Phi) is 20.0. The summed E-state index contributed by atoms with van der Waals surface area (Å²) in [6, 6.07) is 10.9. The minimum absolute atomic E-state index is 0.0253. The van der Waals surface area contributed by atoms with Crippen LogP contribution in [0, 0.1) is 0 Å². The zero-order valence-electron chi connectivity index (χ0n) is 40.6. The number of carbonyl (C=O) groups excluding carboxylic acids is 1. The van der Waals surface area contributed by atoms with Crippen molar-refractivity contribution in [3.8, 4) is 11.8 Å². The van der Waals surface area contributed by atoms with Crippen molar-refractivity contribution in [2.75, 3.05) is 90.8 Å². The van der Waals surface area contributed by atoms with Crippen molar-refractivity contribution in [1.82, 2.24) is 4.73 Å². The lowest BCUT2D eigenvalue weighted by molar-refractivity contribution is -0.442. The minimum atomic E-state index is -4.68. The largest absolute Gasteiger partial charge is 0.492 e. The number of benzene rings is 2. The van der Waals surface area contributed by atoms with Crippen molar-refractivity contribution in [2.45, 2.75) is 86.3 Å². The maximum absolute atomic E-state index is 12.6. The molecule has 0 aliphatic carbocycles. The summed E-state index contributed by atoms with van der Waals surface area (Å²) in [7, 11) is -10.6. The third-order valence-corrected chi connectivity index (χ3v) is 15.0. The standard InChI is InChI=1S/C47H65N3O18S3/c1-34(30-41-46(2,17-9-29-69(54,55)56)37-32-35(70(57,58)59)12-14-40(37)49(41)20-22-65-25-26-67-28-27-66-24-23-64-5)31-42-47(3,18-21-63-4)38-33-36(71(60,61)62)11-13-39(38)48(42)19-8-6-7-10-45(53)68-50-43(51)15-16-44(50)52/h11-16,30-33H,6-10,17-29H2,1-5H3,(H4-,51,52,54,55,56,57,58,59,60,61,62)/p+1. The van der Waals surface area contributed by atoms with Gasteiger partial charge in [-0.2, -0.15) is 29.8 Å². The van der Waals surface area contributed by atoms with E-state index in [1.165, 1.54) is 36.4 Å². The van der Waals surface area contributed by atoms with Gasteiger partial charge in [0.15, 0.2) is 12.3 Å². The molecule has 5 N–H and O–H groups in total. The van der Waals surface area contributed by atoms with E-state index in [-0.39, 0.29) is 62.0 Å². The number of unbranched alkanes of at least 4 members (excludes halogenated alkanes) is 2. The van der Waals surface area contributed by atoms with Gasteiger partial charge in [0, 0.05) is 80.4 Å². The van der Waals surface area contributed by atoms with Gasteiger partial charge in [-0.25, -0.2) is 4.79 Å². The van der Waals surface area contributed by atoms with E-state index < -0.39 is 64.7 Å². The Morgan fingerprint density at radius 3 is 1.86 bits per heavy atom. The number of ether oxygens (including phenoxy) is 5. The molecule has 2 aromatic carbocycles. The predicted octanol–water partition coefficient (Wildman–Crippen LogP) is 4.97. The van der Waals surface area contributed by atoms with Gasteiger partial charge < -0.3 is 43.6 Å². The molecule has 0 spiro atoms. The van der Waals surface area contributed by atoms with E-state index in [0.29, 0.717) is 97.2 Å². The summed E-state index contributed by atoms with van der Waals surface area (Å²) < 4.78 is 134. The second kappa shape index (κ2) is 24.8. The Bertz CT molecular complexity index is 2770. The summed E-state index contributed by atoms with van der Waals surface area (Å²) in [4.78, 5) is 19.1. The average molecular weight is 1060 g/mol. The molecule has 21 nitrogen and oxygen atoms in total. The van der Waals surface area contributed by atoms with Crippen molar-refractivity contribution in [3.05, 3.63) is 83.1 Å². The lowest BCUT2D eigenvalue weighted by Crippen LogP contribution is -2.33. The number of nitrogens with zero attached hydrogens (tertiary/aromatic N) is 3. The molecule has 2 aliphatic heterocycles. The van der Waals surface area contributed by atoms with E-state index in [0.717, 1.165) is 5.70 Å². The zero-order chi connectivity index (χ0) is 52.2. The number of hydrogen-bond acceptors (Lipinski definition) is 16. The highest BCUT2D eigenvalue weighted by molar-refractivity contribution is 7.86. The fraction of sp³-hybridized carbons (Fsp3) is 0.532. The number of anilines is 1. The van der Waals surface area contributed by atoms with Gasteiger partial charge in [0.2, 0.25) is 17.4 Å². The van der Waals surface area contributed by atoms with Crippen molar-refractivity contribution >= 4 is 53.4 Å². The fourth-order valence-corrected chi connectivity index (χ4v) is 10.4. The van der Waals surface area contributed by atoms with E-state index in [2.05, 4.69) is 0 Å². The number of aromatic hydroxyl groups is 2. The number of fused-ring (bicyclic) bond motifs is 2. The molecule has 0 saturated heterocycles. The van der Waals surface area contributed by atoms with E-state index in [1.807, 2.05) is 42.4 Å². The van der Waals surface area contributed by atoms with Crippen molar-refractivity contribution < 1.29 is 87.0 Å². The van der Waals surface area contributed by atoms with Crippen molar-refractivity contribution in [2.24, 2.45) is 0 Å². The molecule has 5 rings (SSSR count). The van der Waals surface area contributed by atoms with Crippen LogP contribution in [0.15, 0.2) is 81.7 Å². The molecule has 24 heteroatoms. The molecule has 71 heavy (non-hydrogen) atoms. The summed E-state index contributed by atoms with van der Waals surface area (Å²) >= 11 is 0. The van der Waals surface area contributed by atoms with Crippen molar-refractivity contribution in [1.29, 1.82) is 0 Å². The van der Waals surface area contributed by atoms with E-state index in [9.17, 15) is 53.9 Å². The van der Waals surface area contributed by atoms with Crippen LogP contribution in [0.25, 0.3) is 0 Å². The third kappa shape index (κ3) is 14.9. The second-order valence-corrected chi connectivity index (χ2v) is 22.1. The first kappa shape index (κ1) is 57.2. The number of allylic oxidation sites excluding steroid dienone is 4. The normalized spacial score (nSPS) is 19.0. The smallest absolute Gasteiger partial charge is 0.333 e. The lowest BCUT2D eigenvalue weighted by atomic mass is 9.75. The molecular weight excluding hydrogens is 991 g/mol. The first-order chi connectivity index (χ1) is 33.4. The van der Waals surface area contributed by atoms with Gasteiger partial charge in [-0.1, -0.05) is 6.42 Å². The highest BCUT2D eigenvalue weighted by atomic mass is 32.2. The first-order valence-corrected chi connectivity index (χ1v) is 27.5. The van der Waals surface area contributed by atoms with Gasteiger partial charge in [0.1, 0.15) is 6.61 Å². The monoisotopic (exact) mass is 1060 g/mol. The summed E-state index contributed by atoms with van der Waals surface area (Å²) in [5.41, 5.74) is 2.35. The topological polar surface area (TPSA) is 287 Å². The molecule has 2 atom stereocenters. The Morgan fingerprint density at radius 1 is 0.690 bits per heavy atom. The van der Waals surface area contributed by atoms with Crippen LogP contribution < -0.4 is 9.74 Å². The maximum Gasteiger partial charge on any atom is 0.333 e. The van der Waals surface area contributed by atoms with Gasteiger partial charge in [0.05, 0.1) is 60.6 Å². The molecule has 0 radical (unpaired) electrons. The first-order valence-electron chi connectivity index (χ1n) is 23.0. The van der Waals surface area contributed by atoms with E-state index in [1.54, 1.807) is 26.4 Å². The Labute approximate surface area is 415 Å². The quantitative estimate of drug-likeness (QED) is 0.0334. The molecule has 2 unspecified atom stereocenters. The van der Waals surface area contributed by atoms with Gasteiger partial charge in [-0.15, -0.1) is 4.73 Å². The number of aromatic nitrogens is 1. The summed E-state index contributed by atoms with van der Waals surface area (Å²) in [6.45, 7) is 8.83. The molecule has 0 fully saturated rings. The molecule has 1 aromatic heterocycles. The number of hydrogen-bond donors (Lipinski definition) is 5. The van der Waals surface area contributed by atoms with Crippen LogP contribution in [-0.2, 0) is 69.7 Å². The van der Waals surface area contributed by atoms with E-state index in [4.69, 9.17) is 28.5 Å². The molecular formula is C47H66N3O18S3+. The van der Waals surface area contributed by atoms with Crippen LogP contribution in [0.4, 0.5) is 11.4 Å². The lowest BCUT2D eigenvalue weighted by Gasteiger charge is -2.31. The minimum Gasteiger partial charge on any atom is -0.492 e. The highest BCUT2D eigenvalue weighted by Crippen LogP contribution is 2.51. The van der Waals surface area contributed by atoms with Gasteiger partial charge in [-0.3, -0.25) is 13.7 Å². The summed E-state index contributed by atoms with van der Waals surface area (Å²) in [5, 5.41) is 19.7. The van der Waals surface area contributed by atoms with Gasteiger partial charge >= 0.3 is 5.97 Å². The highest BCUT2D eigenvalue weighted by Gasteiger charge is 2.49. The van der Waals surface area contributed by atoms with Crippen LogP contribution in [0.1, 0.15) is 76.8 Å². The summed E-state index contributed by atoms with van der Waals surface area (Å²) in [6.07, 6.45) is 5.71. The molecule has 0 saturated carbocycles. The van der Waals surface area contributed by atoms with Crippen LogP contribution in [0.2, 0.25) is 0 Å². The molecule has 0 amide bonds. The zero-order valence-corrected chi connectivity index (χ0v) is 43.1. The Morgan fingerprint density at radius 2 is 1.27 bits per heavy atom. The van der Waals surface area contributed by atoms with Gasteiger partial charge in [0.25, 0.3) is 30.4 Å². The molecule has 3 aromatic rings. The Hall–Kier alpha value is -4.73. The molecule has 0 bridgehead atoms. The molecule has 394 valence electrons. The SMILES string of the molecule is COCCOCCOCCOCC[N+]1=C(C=C(C)C=C2N(CCCCCC(=O)On3c(O)ccc3O)c3ccc(S(=O)(=O)O)cc3C2(C)CCOC)C(C)(CCCS(=O)(=O)O)c2cc(S(=O)(=O)O)ccc21. The van der Waals surface area contributed by atoms with Gasteiger partial charge in [-0.05, 0) is 100 Å².